The zero-order valence-corrected chi connectivity index (χ0v) is 6.77. The maximum absolute atomic E-state index is 8.28. The van der Waals surface area contributed by atoms with E-state index in [1.54, 1.807) is 0 Å². The first kappa shape index (κ1) is 38.2. The fourth-order valence-electron chi connectivity index (χ4n) is 0. The molecule has 40 valence electrons. The molecule has 6 heavy (non-hydrogen) atoms. The van der Waals surface area contributed by atoms with Gasteiger partial charge in [-0.2, -0.15) is 0 Å². The van der Waals surface area contributed by atoms with Gasteiger partial charge in [0.25, 0.3) is 0 Å². The summed E-state index contributed by atoms with van der Waals surface area (Å²) in [5, 5.41) is 0. The molecule has 0 bridgehead atoms. The van der Waals surface area contributed by atoms with Gasteiger partial charge in [0.05, 0.1) is 0 Å². The number of hydrogen-bond donors (Lipinski definition) is 0. The topological polar surface area (TPSA) is 17.1 Å². The van der Waals surface area contributed by atoms with Gasteiger partial charge in [-0.15, -0.1) is 0 Å². The van der Waals surface area contributed by atoms with Crippen molar-refractivity contribution in [1.82, 2.24) is 0 Å². The van der Waals surface area contributed by atoms with E-state index >= 15 is 0 Å². The standard InChI is InChI=1S/Al.Co.Mg.Mn.Ni.O.3H. The molecule has 0 N–H and O–H groups in total. The molecule has 0 saturated heterocycles. The van der Waals surface area contributed by atoms with Crippen molar-refractivity contribution in [3.8, 4) is 0 Å². The first-order valence-electron chi connectivity index (χ1n) is 0.289. The van der Waals surface area contributed by atoms with Crippen LogP contribution in [0, 0.1) is 0 Å². The quantitative estimate of drug-likeness (QED) is 0.464. The van der Waals surface area contributed by atoms with Crippen LogP contribution in [0.15, 0.2) is 0 Å². The van der Waals surface area contributed by atoms with Crippen molar-refractivity contribution < 1.29 is 54.1 Å². The van der Waals surface area contributed by atoms with E-state index in [1.165, 1.54) is 0 Å². The van der Waals surface area contributed by atoms with Crippen LogP contribution >= 0.6 is 0 Å². The van der Waals surface area contributed by atoms with E-state index in [0.717, 1.165) is 0 Å². The van der Waals surface area contributed by atoms with Crippen LogP contribution in [-0.4, -0.2) is 39.3 Å². The minimum atomic E-state index is 0. The normalized spacial score (nSPS) is 0.500. The molecule has 0 aromatic heterocycles. The second-order valence-corrected chi connectivity index (χ2v) is 0. The Morgan fingerprint density at radius 3 is 1.17 bits per heavy atom. The van der Waals surface area contributed by atoms with E-state index in [0.29, 0.717) is 16.2 Å². The zero-order valence-electron chi connectivity index (χ0n) is 2.14. The van der Waals surface area contributed by atoms with Gasteiger partial charge >= 0.3 is 43.1 Å². The molecule has 1 nitrogen and oxygen atoms in total. The van der Waals surface area contributed by atoms with Crippen LogP contribution < -0.4 is 0 Å². The van der Waals surface area contributed by atoms with Crippen LogP contribution in [0.1, 0.15) is 0 Å². The number of hydrogen-bond acceptors (Lipinski definition) is 1. The van der Waals surface area contributed by atoms with E-state index in [4.69, 9.17) is 3.80 Å². The Kier molecular flexibility index (Phi) is 310. The number of rotatable bonds is 0. The van der Waals surface area contributed by atoms with Crippen LogP contribution in [0.4, 0.5) is 0 Å². The van der Waals surface area contributed by atoms with Gasteiger partial charge in [0.1, 0.15) is 0 Å². The van der Waals surface area contributed by atoms with Gasteiger partial charge in [0.2, 0.25) is 0 Å². The van der Waals surface area contributed by atoms with E-state index in [9.17, 15) is 0 Å². The molecule has 0 aliphatic rings. The van der Waals surface area contributed by atoms with Gasteiger partial charge in [-0.3, -0.25) is 0 Å². The van der Waals surface area contributed by atoms with Gasteiger partial charge in [0, 0.05) is 50.3 Å². The van der Waals surface area contributed by atoms with Gasteiger partial charge in [-0.05, 0) is 0 Å². The molecule has 0 aliphatic carbocycles. The Labute approximate surface area is 92.1 Å². The molecule has 0 amide bonds. The van der Waals surface area contributed by atoms with E-state index in [-0.39, 0.29) is 73.4 Å². The van der Waals surface area contributed by atoms with Crippen LogP contribution in [0.3, 0.4) is 0 Å². The summed E-state index contributed by atoms with van der Waals surface area (Å²) in [7, 11) is 0. The molecule has 0 aromatic carbocycles. The summed E-state index contributed by atoms with van der Waals surface area (Å²) in [5.74, 6) is 0. The molecule has 0 rings (SSSR count). The second kappa shape index (κ2) is 48.7. The minimum absolute atomic E-state index is 0. The van der Waals surface area contributed by atoms with Crippen molar-refractivity contribution in [1.29, 1.82) is 0 Å². The average Bonchev–Trinajstić information content (AvgIpc) is 1.00. The Morgan fingerprint density at radius 1 is 1.17 bits per heavy atom. The second-order valence-electron chi connectivity index (χ2n) is 0. The molecule has 0 saturated carbocycles. The fourth-order valence-corrected chi connectivity index (χ4v) is 0. The summed E-state index contributed by atoms with van der Waals surface area (Å²) in [6, 6.07) is 0. The Morgan fingerprint density at radius 2 is 1.17 bits per heavy atom. The Hall–Kier alpha value is 2.62. The molecule has 0 spiro atoms. The molecular formula is H3AlCoMgMnNiO. The molecule has 0 fully saturated rings. The predicted molar refractivity (Wildman–Crippen MR) is 16.4 cm³/mol. The van der Waals surface area contributed by atoms with E-state index in [1.807, 2.05) is 0 Å². The van der Waals surface area contributed by atoms with Gasteiger partial charge in [-0.1, -0.05) is 0 Å². The van der Waals surface area contributed by atoms with Crippen molar-refractivity contribution >= 4 is 39.3 Å². The van der Waals surface area contributed by atoms with Crippen molar-refractivity contribution in [2.24, 2.45) is 0 Å². The van der Waals surface area contributed by atoms with Crippen molar-refractivity contribution in [3.05, 3.63) is 0 Å². The third-order valence-corrected chi connectivity index (χ3v) is 0. The van der Waals surface area contributed by atoms with Crippen molar-refractivity contribution in [3.63, 3.8) is 0 Å². The molecule has 0 atom stereocenters. The predicted octanol–water partition coefficient (Wildman–Crippen LogP) is -1.69. The summed E-state index contributed by atoms with van der Waals surface area (Å²) >= 11 is 0.611. The monoisotopic (exact) mass is 242 g/mol. The fraction of sp³-hybridized carbons (Fsp3) is 0. The van der Waals surface area contributed by atoms with Crippen molar-refractivity contribution in [2.75, 3.05) is 0 Å². The first-order valence-corrected chi connectivity index (χ1v) is 0.866. The summed E-state index contributed by atoms with van der Waals surface area (Å²) in [6.45, 7) is 0. The summed E-state index contributed by atoms with van der Waals surface area (Å²) in [5.41, 5.74) is 0. The summed E-state index contributed by atoms with van der Waals surface area (Å²) in [4.78, 5) is 0. The molecule has 0 unspecified atom stereocenters. The van der Waals surface area contributed by atoms with Gasteiger partial charge in [0.15, 0.2) is 0 Å². The summed E-state index contributed by atoms with van der Waals surface area (Å²) < 4.78 is 8.28. The van der Waals surface area contributed by atoms with Gasteiger partial charge in [-0.25, -0.2) is 0 Å². The van der Waals surface area contributed by atoms with Crippen LogP contribution in [0.5, 0.6) is 0 Å². The third-order valence-electron chi connectivity index (χ3n) is 0. The zero-order chi connectivity index (χ0) is 2.00. The molecule has 6 heteroatoms. The first-order chi connectivity index (χ1) is 1.00. The van der Waals surface area contributed by atoms with E-state index in [2.05, 4.69) is 0 Å². The van der Waals surface area contributed by atoms with E-state index < -0.39 is 0 Å². The van der Waals surface area contributed by atoms with Crippen LogP contribution in [-0.2, 0) is 54.1 Å². The van der Waals surface area contributed by atoms with Crippen molar-refractivity contribution in [2.45, 2.75) is 0 Å². The molecule has 2 radical (unpaired) electrons. The van der Waals surface area contributed by atoms with Gasteiger partial charge < -0.3 is 0 Å². The molecule has 0 aromatic rings. The Balaban J connectivity index is -0.000000000833. The van der Waals surface area contributed by atoms with Crippen LogP contribution in [0.2, 0.25) is 0 Å². The molecule has 0 heterocycles. The summed E-state index contributed by atoms with van der Waals surface area (Å²) in [6.07, 6.45) is 0. The molecule has 0 aliphatic heterocycles. The Bertz CT molecular complexity index is 15.5. The average molecular weight is 243 g/mol. The third kappa shape index (κ3) is 30.5. The van der Waals surface area contributed by atoms with Crippen LogP contribution in [0.25, 0.3) is 0 Å². The SMILES string of the molecule is [Co].[MgH2].[Mn].[Ni].[O]=[AlH]. The maximum atomic E-state index is 8.28. The molecular weight excluding hydrogens is 240 g/mol.